The highest BCUT2D eigenvalue weighted by molar-refractivity contribution is 8.00. The molecule has 0 aromatic heterocycles. The molecular formula is C16H23NO2S. The molecule has 0 bridgehead atoms. The molecule has 0 radical (unpaired) electrons. The third kappa shape index (κ3) is 3.76. The predicted molar refractivity (Wildman–Crippen MR) is 83.9 cm³/mol. The number of rotatable bonds is 4. The number of esters is 1. The lowest BCUT2D eigenvalue weighted by Crippen LogP contribution is -2.45. The maximum absolute atomic E-state index is 12.4. The Morgan fingerprint density at radius 2 is 1.90 bits per heavy atom. The first-order valence-corrected chi connectivity index (χ1v) is 8.17. The predicted octanol–water partition coefficient (Wildman–Crippen LogP) is 3.12. The van der Waals surface area contributed by atoms with E-state index >= 15 is 0 Å². The molecule has 20 heavy (non-hydrogen) atoms. The lowest BCUT2D eigenvalue weighted by molar-refractivity contribution is -0.150. The minimum absolute atomic E-state index is 0.134. The largest absolute Gasteiger partial charge is 0.465 e. The summed E-state index contributed by atoms with van der Waals surface area (Å²) in [5.41, 5.74) is 1.03. The molecule has 1 saturated heterocycles. The first-order chi connectivity index (χ1) is 9.61. The molecule has 3 nitrogen and oxygen atoms in total. The van der Waals surface area contributed by atoms with Crippen molar-refractivity contribution in [2.75, 3.05) is 19.7 Å². The van der Waals surface area contributed by atoms with Crippen molar-refractivity contribution in [2.24, 2.45) is 0 Å². The summed E-state index contributed by atoms with van der Waals surface area (Å²) < 4.78 is 5.29. The van der Waals surface area contributed by atoms with Crippen molar-refractivity contribution < 1.29 is 9.53 Å². The molecule has 0 aliphatic carbocycles. The van der Waals surface area contributed by atoms with Crippen LogP contribution in [0.15, 0.2) is 30.3 Å². The first kappa shape index (κ1) is 15.4. The van der Waals surface area contributed by atoms with Crippen molar-refractivity contribution in [3.8, 4) is 0 Å². The lowest BCUT2D eigenvalue weighted by atomic mass is 10.0. The van der Waals surface area contributed by atoms with Gasteiger partial charge in [0, 0.05) is 23.6 Å². The van der Waals surface area contributed by atoms with Crippen LogP contribution in [0.1, 0.15) is 32.4 Å². The van der Waals surface area contributed by atoms with Gasteiger partial charge in [-0.3, -0.25) is 4.90 Å². The third-order valence-corrected chi connectivity index (χ3v) is 4.67. The standard InChI is InChI=1S/C16H23NO2S/c1-4-19-16(18)15(14-8-6-5-7-9-14)17-10-12(2)20-13(3)11-17/h5-9,12-13,15H,4,10-11H2,1-3H3. The monoisotopic (exact) mass is 293 g/mol. The van der Waals surface area contributed by atoms with Gasteiger partial charge in [-0.2, -0.15) is 11.8 Å². The van der Waals surface area contributed by atoms with Gasteiger partial charge in [-0.05, 0) is 12.5 Å². The van der Waals surface area contributed by atoms with E-state index in [0.717, 1.165) is 18.7 Å². The number of hydrogen-bond donors (Lipinski definition) is 0. The molecule has 0 saturated carbocycles. The highest BCUT2D eigenvalue weighted by atomic mass is 32.2. The zero-order valence-corrected chi connectivity index (χ0v) is 13.2. The van der Waals surface area contributed by atoms with Crippen molar-refractivity contribution in [1.82, 2.24) is 4.90 Å². The minimum Gasteiger partial charge on any atom is -0.465 e. The Kier molecular flexibility index (Phi) is 5.49. The van der Waals surface area contributed by atoms with E-state index in [9.17, 15) is 4.79 Å². The molecule has 1 heterocycles. The van der Waals surface area contributed by atoms with E-state index in [1.54, 1.807) is 0 Å². The van der Waals surface area contributed by atoms with Gasteiger partial charge in [-0.15, -0.1) is 0 Å². The van der Waals surface area contributed by atoms with Gasteiger partial charge in [0.1, 0.15) is 6.04 Å². The molecule has 1 aliphatic heterocycles. The van der Waals surface area contributed by atoms with Crippen LogP contribution in [0.2, 0.25) is 0 Å². The normalized spacial score (nSPS) is 25.1. The fraction of sp³-hybridized carbons (Fsp3) is 0.562. The molecule has 1 aromatic rings. The van der Waals surface area contributed by atoms with E-state index in [0.29, 0.717) is 17.1 Å². The van der Waals surface area contributed by atoms with E-state index in [1.807, 2.05) is 49.0 Å². The Hall–Kier alpha value is -1.00. The van der Waals surface area contributed by atoms with Gasteiger partial charge in [0.15, 0.2) is 0 Å². The summed E-state index contributed by atoms with van der Waals surface area (Å²) in [5, 5.41) is 1.08. The zero-order valence-electron chi connectivity index (χ0n) is 12.4. The van der Waals surface area contributed by atoms with Crippen LogP contribution < -0.4 is 0 Å². The van der Waals surface area contributed by atoms with Crippen LogP contribution in [-0.4, -0.2) is 41.1 Å². The second-order valence-corrected chi connectivity index (χ2v) is 7.16. The molecule has 110 valence electrons. The summed E-state index contributed by atoms with van der Waals surface area (Å²) in [6, 6.07) is 9.68. The van der Waals surface area contributed by atoms with Gasteiger partial charge < -0.3 is 4.74 Å². The van der Waals surface area contributed by atoms with Crippen LogP contribution in [0.4, 0.5) is 0 Å². The molecule has 0 spiro atoms. The molecule has 4 heteroatoms. The van der Waals surface area contributed by atoms with Crippen LogP contribution in [0.5, 0.6) is 0 Å². The number of ether oxygens (including phenoxy) is 1. The highest BCUT2D eigenvalue weighted by Crippen LogP contribution is 2.31. The highest BCUT2D eigenvalue weighted by Gasteiger charge is 2.33. The lowest BCUT2D eigenvalue weighted by Gasteiger charge is -2.38. The Morgan fingerprint density at radius 3 is 2.45 bits per heavy atom. The number of benzene rings is 1. The number of hydrogen-bond acceptors (Lipinski definition) is 4. The Balaban J connectivity index is 2.24. The van der Waals surface area contributed by atoms with E-state index in [4.69, 9.17) is 4.74 Å². The van der Waals surface area contributed by atoms with E-state index < -0.39 is 0 Å². The van der Waals surface area contributed by atoms with Crippen molar-refractivity contribution >= 4 is 17.7 Å². The summed E-state index contributed by atoms with van der Waals surface area (Å²) in [4.78, 5) is 14.6. The van der Waals surface area contributed by atoms with Crippen LogP contribution in [0.3, 0.4) is 0 Å². The number of nitrogens with zero attached hydrogens (tertiary/aromatic N) is 1. The number of carbonyl (C=O) groups is 1. The van der Waals surface area contributed by atoms with Crippen molar-refractivity contribution in [1.29, 1.82) is 0 Å². The van der Waals surface area contributed by atoms with Gasteiger partial charge in [0.25, 0.3) is 0 Å². The van der Waals surface area contributed by atoms with Crippen LogP contribution in [0.25, 0.3) is 0 Å². The molecular weight excluding hydrogens is 270 g/mol. The molecule has 0 N–H and O–H groups in total. The Morgan fingerprint density at radius 1 is 1.30 bits per heavy atom. The van der Waals surface area contributed by atoms with Crippen molar-refractivity contribution in [3.63, 3.8) is 0 Å². The quantitative estimate of drug-likeness (QED) is 0.798. The fourth-order valence-corrected chi connectivity index (χ4v) is 4.13. The molecule has 1 aliphatic rings. The van der Waals surface area contributed by atoms with Crippen molar-refractivity contribution in [3.05, 3.63) is 35.9 Å². The zero-order chi connectivity index (χ0) is 14.5. The topological polar surface area (TPSA) is 29.5 Å². The Labute approximate surface area is 125 Å². The van der Waals surface area contributed by atoms with Crippen LogP contribution in [-0.2, 0) is 9.53 Å². The van der Waals surface area contributed by atoms with Gasteiger partial charge >= 0.3 is 5.97 Å². The van der Waals surface area contributed by atoms with E-state index in [2.05, 4.69) is 18.7 Å². The van der Waals surface area contributed by atoms with E-state index in [1.165, 1.54) is 0 Å². The van der Waals surface area contributed by atoms with Gasteiger partial charge in [-0.1, -0.05) is 44.2 Å². The van der Waals surface area contributed by atoms with Crippen LogP contribution in [0, 0.1) is 0 Å². The smallest absolute Gasteiger partial charge is 0.328 e. The molecule has 3 unspecified atom stereocenters. The second kappa shape index (κ2) is 7.14. The Bertz CT molecular complexity index is 427. The molecule has 2 rings (SSSR count). The average molecular weight is 293 g/mol. The summed E-state index contributed by atoms with van der Waals surface area (Å²) in [6.07, 6.45) is 0. The second-order valence-electron chi connectivity index (χ2n) is 5.28. The summed E-state index contributed by atoms with van der Waals surface area (Å²) >= 11 is 1.99. The first-order valence-electron chi connectivity index (χ1n) is 7.23. The number of thioether (sulfide) groups is 1. The average Bonchev–Trinajstić information content (AvgIpc) is 2.39. The van der Waals surface area contributed by atoms with Gasteiger partial charge in [0.05, 0.1) is 6.61 Å². The summed E-state index contributed by atoms with van der Waals surface area (Å²) in [7, 11) is 0. The minimum atomic E-state index is -0.276. The van der Waals surface area contributed by atoms with E-state index in [-0.39, 0.29) is 12.0 Å². The maximum atomic E-state index is 12.4. The third-order valence-electron chi connectivity index (χ3n) is 3.44. The summed E-state index contributed by atoms with van der Waals surface area (Å²) in [5.74, 6) is -0.134. The maximum Gasteiger partial charge on any atom is 0.328 e. The summed E-state index contributed by atoms with van der Waals surface area (Å²) in [6.45, 7) is 8.58. The van der Waals surface area contributed by atoms with Gasteiger partial charge in [0.2, 0.25) is 0 Å². The number of carbonyl (C=O) groups excluding carboxylic acids is 1. The van der Waals surface area contributed by atoms with Crippen molar-refractivity contribution in [2.45, 2.75) is 37.3 Å². The van der Waals surface area contributed by atoms with Crippen LogP contribution >= 0.6 is 11.8 Å². The molecule has 1 fully saturated rings. The fourth-order valence-electron chi connectivity index (χ4n) is 2.78. The molecule has 1 aromatic carbocycles. The molecule has 0 amide bonds. The molecule has 3 atom stereocenters. The van der Waals surface area contributed by atoms with Gasteiger partial charge in [-0.25, -0.2) is 4.79 Å². The SMILES string of the molecule is CCOC(=O)C(c1ccccc1)N1CC(C)SC(C)C1.